The summed E-state index contributed by atoms with van der Waals surface area (Å²) >= 11 is 1.52. The van der Waals surface area contributed by atoms with Gasteiger partial charge in [0.15, 0.2) is 5.82 Å². The molecule has 0 N–H and O–H groups in total. The van der Waals surface area contributed by atoms with Crippen molar-refractivity contribution < 1.29 is 4.79 Å². The monoisotopic (exact) mass is 397 g/mol. The van der Waals surface area contributed by atoms with Gasteiger partial charge < -0.3 is 14.4 Å². The standard InChI is InChI=1S/C20H23N5O2S/c1-14(2)12-25-17-11-21-5-3-16(17)22-18(20(25)27)23-6-8-24(9-7-23)19(26)15-4-10-28-13-15/h3-5,10-11,13-14H,6-9,12H2,1-2H3. The molecule has 0 bridgehead atoms. The highest BCUT2D eigenvalue weighted by atomic mass is 32.1. The lowest BCUT2D eigenvalue weighted by Gasteiger charge is -2.35. The molecule has 0 spiro atoms. The quantitative estimate of drug-likeness (QED) is 0.676. The van der Waals surface area contributed by atoms with Crippen molar-refractivity contribution in [2.45, 2.75) is 20.4 Å². The molecule has 0 atom stereocenters. The molecule has 3 aromatic heterocycles. The molecule has 0 unspecified atom stereocenters. The van der Waals surface area contributed by atoms with E-state index in [1.54, 1.807) is 17.0 Å². The van der Waals surface area contributed by atoms with E-state index in [0.29, 0.717) is 44.5 Å². The van der Waals surface area contributed by atoms with E-state index in [1.807, 2.05) is 32.7 Å². The normalized spacial score (nSPS) is 14.8. The van der Waals surface area contributed by atoms with Crippen LogP contribution in [0.1, 0.15) is 24.2 Å². The van der Waals surface area contributed by atoms with Crippen LogP contribution in [-0.4, -0.2) is 51.5 Å². The van der Waals surface area contributed by atoms with Crippen molar-refractivity contribution in [2.75, 3.05) is 31.1 Å². The summed E-state index contributed by atoms with van der Waals surface area (Å²) in [5.41, 5.74) is 2.17. The van der Waals surface area contributed by atoms with Gasteiger partial charge in [0.1, 0.15) is 0 Å². The Morgan fingerprint density at radius 3 is 2.68 bits per heavy atom. The molecule has 146 valence electrons. The molecule has 0 aromatic carbocycles. The fraction of sp³-hybridized carbons (Fsp3) is 0.400. The summed E-state index contributed by atoms with van der Waals surface area (Å²) in [6, 6.07) is 3.69. The summed E-state index contributed by atoms with van der Waals surface area (Å²) in [5.74, 6) is 0.842. The predicted octanol–water partition coefficient (Wildman–Crippen LogP) is 2.47. The third kappa shape index (κ3) is 3.52. The van der Waals surface area contributed by atoms with Crippen molar-refractivity contribution >= 4 is 34.1 Å². The Morgan fingerprint density at radius 1 is 1.21 bits per heavy atom. The van der Waals surface area contributed by atoms with Crippen LogP contribution in [0.2, 0.25) is 0 Å². The minimum atomic E-state index is -0.0909. The van der Waals surface area contributed by atoms with Gasteiger partial charge in [0.05, 0.1) is 22.8 Å². The highest BCUT2D eigenvalue weighted by Crippen LogP contribution is 2.18. The second kappa shape index (κ2) is 7.71. The van der Waals surface area contributed by atoms with E-state index in [9.17, 15) is 9.59 Å². The zero-order valence-corrected chi connectivity index (χ0v) is 16.9. The van der Waals surface area contributed by atoms with Crippen LogP contribution < -0.4 is 10.5 Å². The van der Waals surface area contributed by atoms with E-state index in [0.717, 1.165) is 16.6 Å². The first-order valence-electron chi connectivity index (χ1n) is 9.45. The fourth-order valence-corrected chi connectivity index (χ4v) is 4.15. The second-order valence-corrected chi connectivity index (χ2v) is 8.18. The van der Waals surface area contributed by atoms with Gasteiger partial charge in [0, 0.05) is 44.3 Å². The van der Waals surface area contributed by atoms with Gasteiger partial charge in [0.2, 0.25) is 0 Å². The topological polar surface area (TPSA) is 71.3 Å². The number of fused-ring (bicyclic) bond motifs is 1. The molecular weight excluding hydrogens is 374 g/mol. The Kier molecular flexibility index (Phi) is 5.13. The minimum absolute atomic E-state index is 0.0515. The minimum Gasteiger partial charge on any atom is -0.348 e. The largest absolute Gasteiger partial charge is 0.348 e. The Balaban J connectivity index is 1.61. The van der Waals surface area contributed by atoms with E-state index in [2.05, 4.69) is 23.8 Å². The first-order valence-corrected chi connectivity index (χ1v) is 10.4. The molecule has 4 rings (SSSR count). The lowest BCUT2D eigenvalue weighted by Crippen LogP contribution is -2.50. The van der Waals surface area contributed by atoms with Gasteiger partial charge in [-0.1, -0.05) is 13.8 Å². The molecule has 0 radical (unpaired) electrons. The number of thiophene rings is 1. The third-order valence-electron chi connectivity index (χ3n) is 4.91. The number of hydrogen-bond donors (Lipinski definition) is 0. The molecule has 0 saturated carbocycles. The summed E-state index contributed by atoms with van der Waals surface area (Å²) < 4.78 is 1.78. The average molecular weight is 398 g/mol. The van der Waals surface area contributed by atoms with Crippen LogP contribution in [-0.2, 0) is 6.54 Å². The Hall–Kier alpha value is -2.74. The van der Waals surface area contributed by atoms with Gasteiger partial charge in [0.25, 0.3) is 11.5 Å². The molecular formula is C20H23N5O2S. The van der Waals surface area contributed by atoms with E-state index in [-0.39, 0.29) is 11.5 Å². The van der Waals surface area contributed by atoms with Crippen molar-refractivity contribution in [3.8, 4) is 0 Å². The predicted molar refractivity (Wildman–Crippen MR) is 111 cm³/mol. The maximum Gasteiger partial charge on any atom is 0.294 e. The highest BCUT2D eigenvalue weighted by molar-refractivity contribution is 7.08. The summed E-state index contributed by atoms with van der Waals surface area (Å²) in [7, 11) is 0. The van der Waals surface area contributed by atoms with Crippen LogP contribution in [0.25, 0.3) is 11.0 Å². The third-order valence-corrected chi connectivity index (χ3v) is 5.60. The van der Waals surface area contributed by atoms with Crippen LogP contribution in [0, 0.1) is 5.92 Å². The molecule has 0 aliphatic carbocycles. The molecule has 1 aliphatic rings. The van der Waals surface area contributed by atoms with Gasteiger partial charge in [-0.25, -0.2) is 4.98 Å². The molecule has 8 heteroatoms. The molecule has 3 aromatic rings. The smallest absolute Gasteiger partial charge is 0.294 e. The van der Waals surface area contributed by atoms with Crippen LogP contribution in [0.3, 0.4) is 0 Å². The van der Waals surface area contributed by atoms with Crippen LogP contribution in [0.5, 0.6) is 0 Å². The number of pyridine rings is 1. The summed E-state index contributed by atoms with van der Waals surface area (Å²) in [6.07, 6.45) is 3.40. The molecule has 7 nitrogen and oxygen atoms in total. The van der Waals surface area contributed by atoms with Gasteiger partial charge >= 0.3 is 0 Å². The number of anilines is 1. The van der Waals surface area contributed by atoms with Crippen molar-refractivity contribution in [3.63, 3.8) is 0 Å². The Labute approximate surface area is 167 Å². The Morgan fingerprint density at radius 2 is 2.00 bits per heavy atom. The van der Waals surface area contributed by atoms with Crippen molar-refractivity contribution in [3.05, 3.63) is 51.2 Å². The zero-order chi connectivity index (χ0) is 19.7. The summed E-state index contributed by atoms with van der Waals surface area (Å²) in [5, 5.41) is 3.78. The summed E-state index contributed by atoms with van der Waals surface area (Å²) in [4.78, 5) is 38.4. The average Bonchev–Trinajstić information content (AvgIpc) is 3.24. The van der Waals surface area contributed by atoms with E-state index < -0.39 is 0 Å². The number of carbonyl (C=O) groups is 1. The summed E-state index contributed by atoms with van der Waals surface area (Å²) in [6.45, 7) is 7.13. The van der Waals surface area contributed by atoms with Gasteiger partial charge in [-0.15, -0.1) is 0 Å². The van der Waals surface area contributed by atoms with Gasteiger partial charge in [-0.2, -0.15) is 11.3 Å². The maximum absolute atomic E-state index is 13.2. The highest BCUT2D eigenvalue weighted by Gasteiger charge is 2.25. The number of hydrogen-bond acceptors (Lipinski definition) is 6. The zero-order valence-electron chi connectivity index (χ0n) is 16.0. The molecule has 28 heavy (non-hydrogen) atoms. The molecule has 1 amide bonds. The fourth-order valence-electron chi connectivity index (χ4n) is 3.52. The number of nitrogens with zero attached hydrogens (tertiary/aromatic N) is 5. The molecule has 1 aliphatic heterocycles. The lowest BCUT2D eigenvalue weighted by atomic mass is 10.2. The van der Waals surface area contributed by atoms with E-state index in [1.165, 1.54) is 11.3 Å². The molecule has 1 fully saturated rings. The van der Waals surface area contributed by atoms with Crippen LogP contribution in [0.15, 0.2) is 40.1 Å². The van der Waals surface area contributed by atoms with Crippen molar-refractivity contribution in [1.29, 1.82) is 0 Å². The molecule has 1 saturated heterocycles. The SMILES string of the molecule is CC(C)Cn1c(=O)c(N2CCN(C(=O)c3ccsc3)CC2)nc2ccncc21. The number of amides is 1. The first kappa shape index (κ1) is 18.6. The number of rotatable bonds is 4. The van der Waals surface area contributed by atoms with E-state index in [4.69, 9.17) is 0 Å². The van der Waals surface area contributed by atoms with Gasteiger partial charge in [-0.3, -0.25) is 14.6 Å². The Bertz CT molecular complexity index is 1040. The molecule has 4 heterocycles. The van der Waals surface area contributed by atoms with Crippen LogP contribution in [0.4, 0.5) is 5.82 Å². The number of aromatic nitrogens is 3. The maximum atomic E-state index is 13.2. The van der Waals surface area contributed by atoms with E-state index >= 15 is 0 Å². The van der Waals surface area contributed by atoms with Crippen LogP contribution >= 0.6 is 11.3 Å². The number of piperazine rings is 1. The van der Waals surface area contributed by atoms with Crippen molar-refractivity contribution in [2.24, 2.45) is 5.92 Å². The second-order valence-electron chi connectivity index (χ2n) is 7.40. The van der Waals surface area contributed by atoms with Crippen molar-refractivity contribution in [1.82, 2.24) is 19.4 Å². The first-order chi connectivity index (χ1) is 13.5. The van der Waals surface area contributed by atoms with Gasteiger partial charge in [-0.05, 0) is 23.4 Å². The number of carbonyl (C=O) groups excluding carboxylic acids is 1. The lowest BCUT2D eigenvalue weighted by molar-refractivity contribution is 0.0747.